The van der Waals surface area contributed by atoms with E-state index in [0.717, 1.165) is 0 Å². The number of benzene rings is 2. The zero-order chi connectivity index (χ0) is 15.9. The first-order valence-corrected chi connectivity index (χ1v) is 6.76. The number of carbonyl (C=O) groups excluding carboxylic acids is 2. The smallest absolute Gasteiger partial charge is 0.170 e. The van der Waals surface area contributed by atoms with E-state index in [2.05, 4.69) is 0 Å². The molecule has 0 unspecified atom stereocenters. The third kappa shape index (κ3) is 4.06. The Labute approximate surface area is 128 Å². The molecule has 2 aromatic carbocycles. The third-order valence-corrected chi connectivity index (χ3v) is 3.10. The van der Waals surface area contributed by atoms with Gasteiger partial charge in [-0.3, -0.25) is 9.59 Å². The number of ether oxygens (including phenoxy) is 1. The molecule has 0 fully saturated rings. The van der Waals surface area contributed by atoms with Gasteiger partial charge in [-0.25, -0.2) is 0 Å². The molecule has 0 aliphatic rings. The van der Waals surface area contributed by atoms with Crippen LogP contribution in [-0.2, 0) is 4.79 Å². The molecule has 0 aliphatic carbocycles. The van der Waals surface area contributed by atoms with E-state index < -0.39 is 0 Å². The quantitative estimate of drug-likeness (QED) is 0.505. The molecule has 1 N–H and O–H groups in total. The van der Waals surface area contributed by atoms with Crippen LogP contribution in [0.1, 0.15) is 22.3 Å². The Morgan fingerprint density at radius 3 is 2.55 bits per heavy atom. The maximum Gasteiger partial charge on any atom is 0.170 e. The molecule has 0 atom stereocenters. The Balaban J connectivity index is 2.01. The highest BCUT2D eigenvalue weighted by Crippen LogP contribution is 2.26. The molecule has 4 heteroatoms. The van der Waals surface area contributed by atoms with Gasteiger partial charge < -0.3 is 9.84 Å². The van der Waals surface area contributed by atoms with Crippen LogP contribution in [0.2, 0.25) is 0 Å². The maximum atomic E-state index is 11.9. The van der Waals surface area contributed by atoms with E-state index in [0.29, 0.717) is 16.9 Å². The molecular weight excluding hydrogens is 280 g/mol. The van der Waals surface area contributed by atoms with Gasteiger partial charge in [0.2, 0.25) is 0 Å². The minimum Gasteiger partial charge on any atom is -0.504 e. The lowest BCUT2D eigenvalue weighted by molar-refractivity contribution is -0.113. The number of phenols is 1. The minimum absolute atomic E-state index is 0.0326. The number of Topliss-reactive ketones (excluding diaryl/α,β-unsaturated/α-hetero) is 1. The van der Waals surface area contributed by atoms with E-state index in [4.69, 9.17) is 4.74 Å². The van der Waals surface area contributed by atoms with Crippen molar-refractivity contribution in [1.82, 2.24) is 0 Å². The van der Waals surface area contributed by atoms with Crippen molar-refractivity contribution in [2.75, 3.05) is 7.11 Å². The van der Waals surface area contributed by atoms with Crippen LogP contribution < -0.4 is 4.74 Å². The molecule has 4 nitrogen and oxygen atoms in total. The van der Waals surface area contributed by atoms with Crippen molar-refractivity contribution in [2.45, 2.75) is 6.42 Å². The summed E-state index contributed by atoms with van der Waals surface area (Å²) in [6.07, 6.45) is 2.77. The van der Waals surface area contributed by atoms with Crippen molar-refractivity contribution in [3.05, 3.63) is 65.7 Å². The lowest BCUT2D eigenvalue weighted by Crippen LogP contribution is -2.05. The summed E-state index contributed by atoms with van der Waals surface area (Å²) in [6, 6.07) is 13.5. The van der Waals surface area contributed by atoms with E-state index in [-0.39, 0.29) is 23.7 Å². The number of rotatable bonds is 6. The number of hydrogen-bond acceptors (Lipinski definition) is 4. The minimum atomic E-state index is -0.277. The molecule has 2 aromatic rings. The highest BCUT2D eigenvalue weighted by molar-refractivity contribution is 6.12. The number of phenolic OH excluding ortho intramolecular Hbond substituents is 1. The lowest BCUT2D eigenvalue weighted by atomic mass is 10.1. The molecule has 0 heterocycles. The van der Waals surface area contributed by atoms with E-state index in [1.54, 1.807) is 42.5 Å². The van der Waals surface area contributed by atoms with Crippen molar-refractivity contribution in [2.24, 2.45) is 0 Å². The van der Waals surface area contributed by atoms with E-state index >= 15 is 0 Å². The maximum absolute atomic E-state index is 11.9. The summed E-state index contributed by atoms with van der Waals surface area (Å²) in [5, 5.41) is 9.50. The Kier molecular flexibility index (Phi) is 5.09. The van der Waals surface area contributed by atoms with Crippen LogP contribution in [0.15, 0.2) is 54.6 Å². The van der Waals surface area contributed by atoms with E-state index in [1.165, 1.54) is 19.3 Å². The number of ketones is 2. The Morgan fingerprint density at radius 2 is 1.86 bits per heavy atom. The number of hydrogen-bond donors (Lipinski definition) is 1. The molecule has 0 radical (unpaired) electrons. The normalized spacial score (nSPS) is 10.6. The first kappa shape index (κ1) is 15.5. The van der Waals surface area contributed by atoms with Gasteiger partial charge in [0.15, 0.2) is 23.1 Å². The Bertz CT molecular complexity index is 702. The molecule has 0 aliphatic heterocycles. The van der Waals surface area contributed by atoms with Crippen molar-refractivity contribution in [3.8, 4) is 11.5 Å². The van der Waals surface area contributed by atoms with E-state index in [1.807, 2.05) is 6.07 Å². The van der Waals surface area contributed by atoms with Gasteiger partial charge in [-0.15, -0.1) is 0 Å². The van der Waals surface area contributed by atoms with Gasteiger partial charge in [0.25, 0.3) is 0 Å². The standard InChI is InChI=1S/C18H16O4/c1-22-18-11-13(8-10-16(18)20)7-9-15(19)12-17(21)14-5-3-2-4-6-14/h2-11,20H,12H2,1H3/b9-7+. The molecule has 112 valence electrons. The predicted molar refractivity (Wildman–Crippen MR) is 84.1 cm³/mol. The fourth-order valence-corrected chi connectivity index (χ4v) is 1.93. The monoisotopic (exact) mass is 296 g/mol. The fraction of sp³-hybridized carbons (Fsp3) is 0.111. The number of carbonyl (C=O) groups is 2. The Hall–Kier alpha value is -2.88. The van der Waals surface area contributed by atoms with Crippen molar-refractivity contribution >= 4 is 17.6 Å². The second-order valence-electron chi connectivity index (χ2n) is 4.70. The second-order valence-corrected chi connectivity index (χ2v) is 4.70. The van der Waals surface area contributed by atoms with Crippen LogP contribution in [0.4, 0.5) is 0 Å². The summed E-state index contributed by atoms with van der Waals surface area (Å²) in [4.78, 5) is 23.7. The molecular formula is C18H16O4. The summed E-state index contributed by atoms with van der Waals surface area (Å²) in [7, 11) is 1.45. The van der Waals surface area contributed by atoms with Crippen molar-refractivity contribution < 1.29 is 19.4 Å². The first-order valence-electron chi connectivity index (χ1n) is 6.76. The fourth-order valence-electron chi connectivity index (χ4n) is 1.93. The summed E-state index contributed by atoms with van der Waals surface area (Å²) in [5.41, 5.74) is 1.23. The number of allylic oxidation sites excluding steroid dienone is 1. The van der Waals surface area contributed by atoms with Gasteiger partial charge >= 0.3 is 0 Å². The van der Waals surface area contributed by atoms with Crippen LogP contribution >= 0.6 is 0 Å². The first-order chi connectivity index (χ1) is 10.6. The summed E-state index contributed by atoms with van der Waals surface area (Å²) < 4.78 is 4.99. The molecule has 0 spiro atoms. The van der Waals surface area contributed by atoms with Crippen molar-refractivity contribution in [1.29, 1.82) is 0 Å². The molecule has 22 heavy (non-hydrogen) atoms. The zero-order valence-electron chi connectivity index (χ0n) is 12.2. The van der Waals surface area contributed by atoms with Crippen LogP contribution in [0.25, 0.3) is 6.08 Å². The van der Waals surface area contributed by atoms with Gasteiger partial charge in [-0.05, 0) is 23.8 Å². The van der Waals surface area contributed by atoms with Crippen LogP contribution in [0.3, 0.4) is 0 Å². The van der Waals surface area contributed by atoms with Gasteiger partial charge in [0.1, 0.15) is 0 Å². The highest BCUT2D eigenvalue weighted by Gasteiger charge is 2.09. The highest BCUT2D eigenvalue weighted by atomic mass is 16.5. The number of methoxy groups -OCH3 is 1. The lowest BCUT2D eigenvalue weighted by Gasteiger charge is -2.03. The largest absolute Gasteiger partial charge is 0.504 e. The predicted octanol–water partition coefficient (Wildman–Crippen LogP) is 3.26. The van der Waals surface area contributed by atoms with Gasteiger partial charge in [-0.1, -0.05) is 42.5 Å². The van der Waals surface area contributed by atoms with Crippen LogP contribution in [0.5, 0.6) is 11.5 Å². The van der Waals surface area contributed by atoms with Gasteiger partial charge in [0, 0.05) is 5.56 Å². The molecule has 0 amide bonds. The van der Waals surface area contributed by atoms with Crippen LogP contribution in [0, 0.1) is 0 Å². The summed E-state index contributed by atoms with van der Waals surface area (Å²) in [5.74, 6) is -0.125. The average Bonchev–Trinajstić information content (AvgIpc) is 2.55. The van der Waals surface area contributed by atoms with Gasteiger partial charge in [0.05, 0.1) is 13.5 Å². The average molecular weight is 296 g/mol. The van der Waals surface area contributed by atoms with Gasteiger partial charge in [-0.2, -0.15) is 0 Å². The van der Waals surface area contributed by atoms with Crippen LogP contribution in [-0.4, -0.2) is 23.8 Å². The second kappa shape index (κ2) is 7.22. The topological polar surface area (TPSA) is 63.6 Å². The summed E-state index contributed by atoms with van der Waals surface area (Å²) >= 11 is 0. The molecule has 2 rings (SSSR count). The Morgan fingerprint density at radius 1 is 1.14 bits per heavy atom. The third-order valence-electron chi connectivity index (χ3n) is 3.10. The molecule has 0 aromatic heterocycles. The van der Waals surface area contributed by atoms with E-state index in [9.17, 15) is 14.7 Å². The number of aromatic hydroxyl groups is 1. The summed E-state index contributed by atoms with van der Waals surface area (Å²) in [6.45, 7) is 0. The molecule has 0 bridgehead atoms. The molecule has 0 saturated carbocycles. The van der Waals surface area contributed by atoms with Crippen molar-refractivity contribution in [3.63, 3.8) is 0 Å². The SMILES string of the molecule is COc1cc(/C=C/C(=O)CC(=O)c2ccccc2)ccc1O. The zero-order valence-corrected chi connectivity index (χ0v) is 12.2. The molecule has 0 saturated heterocycles.